The summed E-state index contributed by atoms with van der Waals surface area (Å²) >= 11 is 1.30. The highest BCUT2D eigenvalue weighted by Crippen LogP contribution is 2.37. The number of anilines is 1. The van der Waals surface area contributed by atoms with Crippen molar-refractivity contribution in [1.82, 2.24) is 9.71 Å². The van der Waals surface area contributed by atoms with Gasteiger partial charge in [0.05, 0.1) is 21.2 Å². The highest BCUT2D eigenvalue weighted by molar-refractivity contribution is 7.89. The second-order valence-electron chi connectivity index (χ2n) is 7.45. The molecule has 0 bridgehead atoms. The van der Waals surface area contributed by atoms with Gasteiger partial charge in [0.2, 0.25) is 10.0 Å². The maximum atomic E-state index is 12.8. The van der Waals surface area contributed by atoms with E-state index in [4.69, 9.17) is 14.2 Å². The molecule has 0 spiro atoms. The van der Waals surface area contributed by atoms with Crippen LogP contribution in [0.1, 0.15) is 23.2 Å². The van der Waals surface area contributed by atoms with E-state index in [1.165, 1.54) is 29.5 Å². The van der Waals surface area contributed by atoms with Gasteiger partial charge in [0.1, 0.15) is 13.2 Å². The SMILES string of the molecule is O=C(Nc1nc2cc3c(cc2s1)OCCO3)c1cccc(S(=O)(=O)NCC2CCCO2)c1. The molecular formula is C21H21N3O6S2. The Kier molecular flexibility index (Phi) is 5.72. The maximum Gasteiger partial charge on any atom is 0.257 e. The fourth-order valence-electron chi connectivity index (χ4n) is 3.58. The Morgan fingerprint density at radius 3 is 2.72 bits per heavy atom. The fraction of sp³-hybridized carbons (Fsp3) is 0.333. The van der Waals surface area contributed by atoms with Crippen LogP contribution in [0, 0.1) is 0 Å². The summed E-state index contributed by atoms with van der Waals surface area (Å²) in [6.45, 7) is 1.83. The number of carbonyl (C=O) groups is 1. The number of sulfonamides is 1. The van der Waals surface area contributed by atoms with Crippen LogP contribution in [0.2, 0.25) is 0 Å². The normalized spacial score (nSPS) is 18.1. The Morgan fingerprint density at radius 1 is 1.12 bits per heavy atom. The van der Waals surface area contributed by atoms with Crippen molar-refractivity contribution < 1.29 is 27.4 Å². The molecular weight excluding hydrogens is 454 g/mol. The molecule has 1 atom stereocenters. The minimum atomic E-state index is -3.76. The third kappa shape index (κ3) is 4.42. The number of thiazole rings is 1. The second kappa shape index (κ2) is 8.66. The number of hydrogen-bond donors (Lipinski definition) is 2. The third-order valence-electron chi connectivity index (χ3n) is 5.20. The first-order valence-electron chi connectivity index (χ1n) is 10.2. The summed E-state index contributed by atoms with van der Waals surface area (Å²) in [4.78, 5) is 17.2. The van der Waals surface area contributed by atoms with E-state index in [1.807, 2.05) is 6.07 Å². The fourth-order valence-corrected chi connectivity index (χ4v) is 5.57. The molecule has 11 heteroatoms. The molecule has 0 radical (unpaired) electrons. The average molecular weight is 476 g/mol. The quantitative estimate of drug-likeness (QED) is 0.563. The molecule has 1 amide bonds. The largest absolute Gasteiger partial charge is 0.486 e. The second-order valence-corrected chi connectivity index (χ2v) is 10.2. The van der Waals surface area contributed by atoms with Crippen molar-refractivity contribution in [3.63, 3.8) is 0 Å². The minimum Gasteiger partial charge on any atom is -0.486 e. The predicted molar refractivity (Wildman–Crippen MR) is 119 cm³/mol. The van der Waals surface area contributed by atoms with Crippen molar-refractivity contribution in [2.45, 2.75) is 23.8 Å². The van der Waals surface area contributed by atoms with Crippen molar-refractivity contribution in [3.05, 3.63) is 42.0 Å². The summed E-state index contributed by atoms with van der Waals surface area (Å²) in [5.74, 6) is 0.830. The van der Waals surface area contributed by atoms with Crippen LogP contribution in [-0.2, 0) is 14.8 Å². The van der Waals surface area contributed by atoms with Gasteiger partial charge in [-0.15, -0.1) is 0 Å². The molecule has 3 heterocycles. The number of benzene rings is 2. The lowest BCUT2D eigenvalue weighted by Gasteiger charge is -2.17. The van der Waals surface area contributed by atoms with Gasteiger partial charge in [-0.25, -0.2) is 18.1 Å². The number of rotatable bonds is 6. The van der Waals surface area contributed by atoms with Crippen LogP contribution in [0.5, 0.6) is 11.5 Å². The van der Waals surface area contributed by atoms with E-state index in [1.54, 1.807) is 12.1 Å². The molecule has 1 unspecified atom stereocenters. The molecule has 1 aromatic heterocycles. The number of amides is 1. The zero-order valence-corrected chi connectivity index (χ0v) is 18.6. The van der Waals surface area contributed by atoms with E-state index < -0.39 is 15.9 Å². The third-order valence-corrected chi connectivity index (χ3v) is 7.56. The van der Waals surface area contributed by atoms with Crippen molar-refractivity contribution in [2.24, 2.45) is 0 Å². The van der Waals surface area contributed by atoms with Crippen LogP contribution in [0.25, 0.3) is 10.2 Å². The molecule has 2 aromatic carbocycles. The van der Waals surface area contributed by atoms with Crippen molar-refractivity contribution >= 4 is 42.6 Å². The zero-order chi connectivity index (χ0) is 22.1. The first-order valence-corrected chi connectivity index (χ1v) is 12.5. The van der Waals surface area contributed by atoms with Crippen LogP contribution in [-0.4, -0.2) is 51.8 Å². The molecule has 9 nitrogen and oxygen atoms in total. The lowest BCUT2D eigenvalue weighted by molar-refractivity contribution is 0.102. The molecule has 32 heavy (non-hydrogen) atoms. The summed E-state index contributed by atoms with van der Waals surface area (Å²) in [6, 6.07) is 9.52. The summed E-state index contributed by atoms with van der Waals surface area (Å²) in [7, 11) is -3.76. The van der Waals surface area contributed by atoms with E-state index in [9.17, 15) is 13.2 Å². The molecule has 2 aliphatic rings. The van der Waals surface area contributed by atoms with Gasteiger partial charge < -0.3 is 14.2 Å². The van der Waals surface area contributed by atoms with Crippen molar-refractivity contribution in [3.8, 4) is 11.5 Å². The summed E-state index contributed by atoms with van der Waals surface area (Å²) in [6.07, 6.45) is 1.64. The van der Waals surface area contributed by atoms with E-state index >= 15 is 0 Å². The number of carbonyl (C=O) groups excluding carboxylic acids is 1. The van der Waals surface area contributed by atoms with E-state index in [0.29, 0.717) is 42.0 Å². The van der Waals surface area contributed by atoms with Crippen molar-refractivity contribution in [2.75, 3.05) is 31.7 Å². The smallest absolute Gasteiger partial charge is 0.257 e. The highest BCUT2D eigenvalue weighted by Gasteiger charge is 2.22. The van der Waals surface area contributed by atoms with Gasteiger partial charge in [0, 0.05) is 30.8 Å². The van der Waals surface area contributed by atoms with Gasteiger partial charge in [-0.3, -0.25) is 10.1 Å². The van der Waals surface area contributed by atoms with Crippen LogP contribution in [0.15, 0.2) is 41.3 Å². The van der Waals surface area contributed by atoms with Gasteiger partial charge in [0.25, 0.3) is 5.91 Å². The highest BCUT2D eigenvalue weighted by atomic mass is 32.2. The number of aromatic nitrogens is 1. The Balaban J connectivity index is 1.31. The van der Waals surface area contributed by atoms with Gasteiger partial charge in [-0.2, -0.15) is 0 Å². The number of nitrogens with one attached hydrogen (secondary N) is 2. The summed E-state index contributed by atoms with van der Waals surface area (Å²) < 4.78 is 45.3. The van der Waals surface area contributed by atoms with Gasteiger partial charge in [-0.05, 0) is 31.0 Å². The first kappa shape index (κ1) is 21.1. The molecule has 1 fully saturated rings. The monoisotopic (exact) mass is 475 g/mol. The average Bonchev–Trinajstić information content (AvgIpc) is 3.45. The molecule has 5 rings (SSSR count). The number of fused-ring (bicyclic) bond motifs is 2. The molecule has 1 saturated heterocycles. The topological polar surface area (TPSA) is 116 Å². The molecule has 2 N–H and O–H groups in total. The molecule has 168 valence electrons. The van der Waals surface area contributed by atoms with Gasteiger partial charge in [0.15, 0.2) is 16.6 Å². The van der Waals surface area contributed by atoms with E-state index in [0.717, 1.165) is 17.5 Å². The Morgan fingerprint density at radius 2 is 1.94 bits per heavy atom. The molecule has 3 aromatic rings. The zero-order valence-electron chi connectivity index (χ0n) is 17.0. The minimum absolute atomic E-state index is 0.0226. The summed E-state index contributed by atoms with van der Waals surface area (Å²) in [5.41, 5.74) is 0.902. The van der Waals surface area contributed by atoms with Gasteiger partial charge >= 0.3 is 0 Å². The predicted octanol–water partition coefficient (Wildman–Crippen LogP) is 2.78. The number of hydrogen-bond acceptors (Lipinski definition) is 8. The first-order chi connectivity index (χ1) is 15.5. The van der Waals surface area contributed by atoms with Crippen molar-refractivity contribution in [1.29, 1.82) is 0 Å². The maximum absolute atomic E-state index is 12.8. The Hall–Kier alpha value is -2.73. The Bertz CT molecular complexity index is 1220. The molecule has 2 aliphatic heterocycles. The van der Waals surface area contributed by atoms with E-state index in [-0.39, 0.29) is 23.1 Å². The van der Waals surface area contributed by atoms with Crippen LogP contribution < -0.4 is 19.5 Å². The lowest BCUT2D eigenvalue weighted by Crippen LogP contribution is -2.32. The molecule has 0 aliphatic carbocycles. The number of nitrogens with zero attached hydrogens (tertiary/aromatic N) is 1. The van der Waals surface area contributed by atoms with Crippen LogP contribution >= 0.6 is 11.3 Å². The van der Waals surface area contributed by atoms with Crippen LogP contribution in [0.4, 0.5) is 5.13 Å². The molecule has 0 saturated carbocycles. The number of ether oxygens (including phenoxy) is 3. The Labute approximate surface area is 188 Å². The van der Waals surface area contributed by atoms with Crippen LogP contribution in [0.3, 0.4) is 0 Å². The summed E-state index contributed by atoms with van der Waals surface area (Å²) in [5, 5.41) is 3.15. The lowest BCUT2D eigenvalue weighted by atomic mass is 10.2. The standard InChI is InChI=1S/C21H21N3O6S2/c25-20(24-21-23-16-10-17-18(11-19(16)31-21)30-8-7-29-17)13-3-1-5-15(9-13)32(26,27)22-12-14-4-2-6-28-14/h1,3,5,9-11,14,22H,2,4,6-8,12H2,(H,23,24,25). The van der Waals surface area contributed by atoms with E-state index in [2.05, 4.69) is 15.0 Å². The van der Waals surface area contributed by atoms with Gasteiger partial charge in [-0.1, -0.05) is 17.4 Å².